The van der Waals surface area contributed by atoms with Crippen molar-refractivity contribution >= 4 is 0 Å². The van der Waals surface area contributed by atoms with Crippen molar-refractivity contribution in [3.63, 3.8) is 0 Å². The van der Waals surface area contributed by atoms with E-state index in [1.54, 1.807) is 0 Å². The van der Waals surface area contributed by atoms with Crippen LogP contribution in [0.2, 0.25) is 0 Å². The van der Waals surface area contributed by atoms with E-state index >= 15 is 0 Å². The van der Waals surface area contributed by atoms with Gasteiger partial charge in [-0.1, -0.05) is 124 Å². The summed E-state index contributed by atoms with van der Waals surface area (Å²) in [5.41, 5.74) is 3.05. The minimum absolute atomic E-state index is 0. The molecule has 4 rings (SSSR count). The van der Waals surface area contributed by atoms with Crippen molar-refractivity contribution in [2.24, 2.45) is 17.3 Å². The zero-order chi connectivity index (χ0) is 18.8. The molecule has 0 bridgehead atoms. The average Bonchev–Trinajstić information content (AvgIpc) is 3.48. The summed E-state index contributed by atoms with van der Waals surface area (Å²) < 4.78 is 0. The first-order chi connectivity index (χ1) is 12.5. The Kier molecular flexibility index (Phi) is 11.3. The van der Waals surface area contributed by atoms with Crippen molar-refractivity contribution in [1.82, 2.24) is 0 Å². The number of allylic oxidation sites excluding steroid dienone is 14. The normalized spacial score (nSPS) is 19.8. The van der Waals surface area contributed by atoms with Gasteiger partial charge in [0.25, 0.3) is 0 Å². The average molecular weight is 372 g/mol. The fourth-order valence-corrected chi connectivity index (χ4v) is 3.67. The van der Waals surface area contributed by atoms with Crippen LogP contribution in [0.1, 0.15) is 59.8 Å². The first-order valence-corrected chi connectivity index (χ1v) is 10.2. The maximum Gasteiger partial charge on any atom is 1.00 e. The summed E-state index contributed by atoms with van der Waals surface area (Å²) in [5.74, 6) is 1.18. The molecule has 4 aliphatic rings. The molecule has 0 aromatic heterocycles. The van der Waals surface area contributed by atoms with Gasteiger partial charge in [-0.15, -0.1) is 0 Å². The standard InChI is InChI=1S/C13H16.C8H10.C5H10.Na/c1-13(2,11-7-3-4-8-11)12-9-5-6-10-12;1-7(2)8-5-3-4-6-8;1-2-4-5-3-1;/h3-12H,1-2H3;3-6H,1-2H3;1-5H2;/q;;;+1. The first kappa shape index (κ1) is 24.2. The second kappa shape index (κ2) is 12.6. The van der Waals surface area contributed by atoms with Crippen LogP contribution >= 0.6 is 0 Å². The molecule has 0 aromatic rings. The Morgan fingerprint density at radius 1 is 0.667 bits per heavy atom. The molecule has 1 fully saturated rings. The summed E-state index contributed by atoms with van der Waals surface area (Å²) in [6, 6.07) is 0. The molecular formula is C26H36Na+. The molecule has 0 unspecified atom stereocenters. The molecule has 140 valence electrons. The molecule has 0 N–H and O–H groups in total. The van der Waals surface area contributed by atoms with E-state index in [1.807, 2.05) is 0 Å². The maximum absolute atomic E-state index is 2.34. The van der Waals surface area contributed by atoms with Gasteiger partial charge in [-0.3, -0.25) is 0 Å². The van der Waals surface area contributed by atoms with Gasteiger partial charge in [0.05, 0.1) is 0 Å². The summed E-state index contributed by atoms with van der Waals surface area (Å²) in [6.07, 6.45) is 33.6. The van der Waals surface area contributed by atoms with Crippen molar-refractivity contribution < 1.29 is 29.6 Å². The third-order valence-electron chi connectivity index (χ3n) is 5.70. The smallest absolute Gasteiger partial charge is 0.0771 e. The van der Waals surface area contributed by atoms with Crippen LogP contribution in [0.3, 0.4) is 0 Å². The molecule has 1 heteroatoms. The fraction of sp³-hybridized carbons (Fsp3) is 0.462. The van der Waals surface area contributed by atoms with E-state index in [2.05, 4.69) is 101 Å². The topological polar surface area (TPSA) is 0 Å². The Labute approximate surface area is 189 Å². The van der Waals surface area contributed by atoms with Crippen LogP contribution in [0.15, 0.2) is 84.1 Å². The molecule has 4 aliphatic carbocycles. The summed E-state index contributed by atoms with van der Waals surface area (Å²) in [5, 5.41) is 0. The van der Waals surface area contributed by atoms with E-state index < -0.39 is 0 Å². The zero-order valence-corrected chi connectivity index (χ0v) is 20.1. The Balaban J connectivity index is 0.000000223. The second-order valence-corrected chi connectivity index (χ2v) is 8.35. The maximum atomic E-state index is 2.34. The van der Waals surface area contributed by atoms with Gasteiger partial charge < -0.3 is 0 Å². The predicted octanol–water partition coefficient (Wildman–Crippen LogP) is 4.90. The Morgan fingerprint density at radius 3 is 1.26 bits per heavy atom. The zero-order valence-electron chi connectivity index (χ0n) is 18.1. The Hall–Kier alpha value is -0.820. The van der Waals surface area contributed by atoms with Gasteiger partial charge in [0, 0.05) is 11.8 Å². The molecule has 27 heavy (non-hydrogen) atoms. The van der Waals surface area contributed by atoms with Crippen molar-refractivity contribution in [3.8, 4) is 0 Å². The molecule has 0 spiro atoms. The molecule has 0 aliphatic heterocycles. The van der Waals surface area contributed by atoms with Crippen molar-refractivity contribution in [3.05, 3.63) is 84.1 Å². The molecule has 0 amide bonds. The monoisotopic (exact) mass is 371 g/mol. The third-order valence-corrected chi connectivity index (χ3v) is 5.70. The van der Waals surface area contributed by atoms with Gasteiger partial charge in [-0.2, -0.15) is 0 Å². The molecule has 0 saturated heterocycles. The predicted molar refractivity (Wildman–Crippen MR) is 117 cm³/mol. The molecule has 0 radical (unpaired) electrons. The molecule has 0 atom stereocenters. The molecular weight excluding hydrogens is 335 g/mol. The van der Waals surface area contributed by atoms with E-state index in [-0.39, 0.29) is 29.6 Å². The summed E-state index contributed by atoms with van der Waals surface area (Å²) in [6.45, 7) is 8.91. The quantitative estimate of drug-likeness (QED) is 0.606. The van der Waals surface area contributed by atoms with Crippen molar-refractivity contribution in [1.29, 1.82) is 0 Å². The molecule has 0 aromatic carbocycles. The van der Waals surface area contributed by atoms with E-state index in [0.717, 1.165) is 0 Å². The van der Waals surface area contributed by atoms with Gasteiger partial charge in [-0.05, 0) is 24.8 Å². The van der Waals surface area contributed by atoms with Gasteiger partial charge >= 0.3 is 29.6 Å². The van der Waals surface area contributed by atoms with Gasteiger partial charge in [0.15, 0.2) is 0 Å². The third kappa shape index (κ3) is 7.98. The van der Waals surface area contributed by atoms with Crippen LogP contribution in [0.4, 0.5) is 0 Å². The fourth-order valence-electron chi connectivity index (χ4n) is 3.67. The van der Waals surface area contributed by atoms with Crippen LogP contribution in [-0.2, 0) is 0 Å². The van der Waals surface area contributed by atoms with Gasteiger partial charge in [-0.25, -0.2) is 0 Å². The minimum Gasteiger partial charge on any atom is -0.0771 e. The second-order valence-electron chi connectivity index (χ2n) is 8.35. The Bertz CT molecular complexity index is 566. The SMILES string of the molecule is C1CCCC1.CC(C)(C1C=CC=C1)C1C=CC=C1.CC(C)=C1C=CC=C1.[Na+]. The van der Waals surface area contributed by atoms with E-state index in [1.165, 1.54) is 43.3 Å². The Morgan fingerprint density at radius 2 is 1.00 bits per heavy atom. The van der Waals surface area contributed by atoms with Crippen molar-refractivity contribution in [2.75, 3.05) is 0 Å². The van der Waals surface area contributed by atoms with E-state index in [0.29, 0.717) is 17.3 Å². The molecule has 1 saturated carbocycles. The van der Waals surface area contributed by atoms with Crippen LogP contribution in [-0.4, -0.2) is 0 Å². The van der Waals surface area contributed by atoms with Gasteiger partial charge in [0.2, 0.25) is 0 Å². The van der Waals surface area contributed by atoms with Crippen LogP contribution in [0.25, 0.3) is 0 Å². The summed E-state index contributed by atoms with van der Waals surface area (Å²) in [4.78, 5) is 0. The van der Waals surface area contributed by atoms with Gasteiger partial charge in [0.1, 0.15) is 0 Å². The minimum atomic E-state index is 0. The van der Waals surface area contributed by atoms with Crippen LogP contribution in [0.5, 0.6) is 0 Å². The summed E-state index contributed by atoms with van der Waals surface area (Å²) >= 11 is 0. The van der Waals surface area contributed by atoms with Crippen LogP contribution < -0.4 is 29.6 Å². The first-order valence-electron chi connectivity index (χ1n) is 10.2. The van der Waals surface area contributed by atoms with E-state index in [9.17, 15) is 0 Å². The van der Waals surface area contributed by atoms with Crippen molar-refractivity contribution in [2.45, 2.75) is 59.8 Å². The summed E-state index contributed by atoms with van der Waals surface area (Å²) in [7, 11) is 0. The number of hydrogen-bond acceptors (Lipinski definition) is 0. The van der Waals surface area contributed by atoms with Crippen LogP contribution in [0, 0.1) is 17.3 Å². The molecule has 0 heterocycles. The van der Waals surface area contributed by atoms with E-state index in [4.69, 9.17) is 0 Å². The number of hydrogen-bond donors (Lipinski definition) is 0. The molecule has 0 nitrogen and oxygen atoms in total. The largest absolute Gasteiger partial charge is 1.00 e. The number of rotatable bonds is 2.